The summed E-state index contributed by atoms with van der Waals surface area (Å²) in [6.07, 6.45) is 2.31. The van der Waals surface area contributed by atoms with Gasteiger partial charge in [-0.2, -0.15) is 0 Å². The van der Waals surface area contributed by atoms with Crippen LogP contribution in [-0.4, -0.2) is 44.2 Å². The topological polar surface area (TPSA) is 74.8 Å². The first-order valence-electron chi connectivity index (χ1n) is 7.86. The molecule has 1 heterocycles. The Bertz CT molecular complexity index is 545. The Morgan fingerprint density at radius 2 is 2.30 bits per heavy atom. The number of nitrogens with zero attached hydrogens (tertiary/aromatic N) is 1. The summed E-state index contributed by atoms with van der Waals surface area (Å²) in [5, 5.41) is 8.85. The van der Waals surface area contributed by atoms with E-state index < -0.39 is 5.82 Å². The highest BCUT2D eigenvalue weighted by atomic mass is 19.1. The van der Waals surface area contributed by atoms with Gasteiger partial charge in [-0.25, -0.2) is 9.38 Å². The van der Waals surface area contributed by atoms with E-state index in [0.717, 1.165) is 19.4 Å². The smallest absolute Gasteiger partial charge is 0.246 e. The molecule has 1 aromatic carbocycles. The van der Waals surface area contributed by atoms with Crippen LogP contribution in [0.4, 0.5) is 10.1 Å². The summed E-state index contributed by atoms with van der Waals surface area (Å²) >= 11 is 0. The molecule has 7 heteroatoms. The number of rotatable bonds is 6. The van der Waals surface area contributed by atoms with E-state index in [1.807, 2.05) is 6.92 Å². The molecule has 0 radical (unpaired) electrons. The van der Waals surface area contributed by atoms with Crippen molar-refractivity contribution in [3.8, 4) is 0 Å². The predicted octanol–water partition coefficient (Wildman–Crippen LogP) is 1.50. The van der Waals surface area contributed by atoms with Crippen molar-refractivity contribution in [3.05, 3.63) is 30.1 Å². The molecule has 1 fully saturated rings. The number of aliphatic imine (C=N–C) groups is 1. The molecule has 126 valence electrons. The second-order valence-electron chi connectivity index (χ2n) is 5.27. The second kappa shape index (κ2) is 9.09. The molecule has 3 N–H and O–H groups in total. The van der Waals surface area contributed by atoms with Gasteiger partial charge >= 0.3 is 0 Å². The Labute approximate surface area is 135 Å². The minimum atomic E-state index is -0.391. The molecule has 6 nitrogen and oxygen atoms in total. The van der Waals surface area contributed by atoms with Crippen LogP contribution in [0.2, 0.25) is 0 Å². The summed E-state index contributed by atoms with van der Waals surface area (Å²) < 4.78 is 18.6. The van der Waals surface area contributed by atoms with Crippen LogP contribution in [0.5, 0.6) is 0 Å². The van der Waals surface area contributed by atoms with Gasteiger partial charge < -0.3 is 20.7 Å². The van der Waals surface area contributed by atoms with Crippen molar-refractivity contribution in [3.63, 3.8) is 0 Å². The molecule has 23 heavy (non-hydrogen) atoms. The van der Waals surface area contributed by atoms with Gasteiger partial charge in [0.05, 0.1) is 6.10 Å². The average molecular weight is 322 g/mol. The Hall–Kier alpha value is -2.15. The van der Waals surface area contributed by atoms with E-state index >= 15 is 0 Å². The van der Waals surface area contributed by atoms with Crippen LogP contribution < -0.4 is 16.0 Å². The average Bonchev–Trinajstić information content (AvgIpc) is 3.03. The van der Waals surface area contributed by atoms with Crippen molar-refractivity contribution in [2.75, 3.05) is 31.6 Å². The van der Waals surface area contributed by atoms with Gasteiger partial charge in [-0.05, 0) is 38.0 Å². The van der Waals surface area contributed by atoms with E-state index in [0.29, 0.717) is 24.7 Å². The van der Waals surface area contributed by atoms with Gasteiger partial charge in [0.2, 0.25) is 5.91 Å². The van der Waals surface area contributed by atoms with Gasteiger partial charge in [0, 0.05) is 25.4 Å². The molecule has 0 saturated carbocycles. The minimum Gasteiger partial charge on any atom is -0.376 e. The van der Waals surface area contributed by atoms with E-state index in [1.54, 1.807) is 12.1 Å². The zero-order valence-electron chi connectivity index (χ0n) is 13.3. The van der Waals surface area contributed by atoms with E-state index in [9.17, 15) is 9.18 Å². The quantitative estimate of drug-likeness (QED) is 0.548. The van der Waals surface area contributed by atoms with E-state index in [-0.39, 0.29) is 18.6 Å². The number of hydrogen-bond donors (Lipinski definition) is 3. The van der Waals surface area contributed by atoms with Crippen LogP contribution in [0.25, 0.3) is 0 Å². The SMILES string of the molecule is CCNC(=NCC(=O)Nc1cccc(F)c1)NCC1CCCO1. The summed E-state index contributed by atoms with van der Waals surface area (Å²) in [4.78, 5) is 16.1. The summed E-state index contributed by atoms with van der Waals surface area (Å²) in [5.74, 6) is -0.125. The molecule has 1 saturated heterocycles. The molecule has 2 rings (SSSR count). The third-order valence-electron chi connectivity index (χ3n) is 3.35. The molecule has 1 aromatic rings. The molecule has 1 atom stereocenters. The van der Waals surface area contributed by atoms with Crippen LogP contribution in [0, 0.1) is 5.82 Å². The van der Waals surface area contributed by atoms with Crippen molar-refractivity contribution < 1.29 is 13.9 Å². The van der Waals surface area contributed by atoms with Crippen LogP contribution >= 0.6 is 0 Å². The van der Waals surface area contributed by atoms with Gasteiger partial charge in [-0.1, -0.05) is 6.07 Å². The number of carbonyl (C=O) groups is 1. The van der Waals surface area contributed by atoms with E-state index in [1.165, 1.54) is 12.1 Å². The predicted molar refractivity (Wildman–Crippen MR) is 88.0 cm³/mol. The van der Waals surface area contributed by atoms with Gasteiger partial charge in [0.25, 0.3) is 0 Å². The summed E-state index contributed by atoms with van der Waals surface area (Å²) in [7, 11) is 0. The first kappa shape index (κ1) is 17.2. The third kappa shape index (κ3) is 6.23. The number of nitrogens with one attached hydrogen (secondary N) is 3. The standard InChI is InChI=1S/C16H23FN4O2/c1-2-18-16(19-10-14-7-4-8-23-14)20-11-15(22)21-13-6-3-5-12(17)9-13/h3,5-6,9,14H,2,4,7-8,10-11H2,1H3,(H,21,22)(H2,18,19,20). The summed E-state index contributed by atoms with van der Waals surface area (Å²) in [5.41, 5.74) is 0.419. The fraction of sp³-hybridized carbons (Fsp3) is 0.500. The molecule has 0 bridgehead atoms. The minimum absolute atomic E-state index is 0.0443. The fourth-order valence-corrected chi connectivity index (χ4v) is 2.28. The number of guanidine groups is 1. The van der Waals surface area contributed by atoms with Crippen LogP contribution in [0.3, 0.4) is 0 Å². The lowest BCUT2D eigenvalue weighted by Gasteiger charge is -2.14. The zero-order chi connectivity index (χ0) is 16.5. The lowest BCUT2D eigenvalue weighted by atomic mass is 10.2. The number of hydrogen-bond acceptors (Lipinski definition) is 3. The number of carbonyl (C=O) groups excluding carboxylic acids is 1. The first-order chi connectivity index (χ1) is 11.2. The molecule has 1 unspecified atom stereocenters. The van der Waals surface area contributed by atoms with Crippen LogP contribution in [0.15, 0.2) is 29.3 Å². The maximum Gasteiger partial charge on any atom is 0.246 e. The zero-order valence-corrected chi connectivity index (χ0v) is 13.3. The highest BCUT2D eigenvalue weighted by molar-refractivity contribution is 5.94. The Kier molecular flexibility index (Phi) is 6.80. The van der Waals surface area contributed by atoms with E-state index in [2.05, 4.69) is 20.9 Å². The molecule has 0 aromatic heterocycles. The largest absolute Gasteiger partial charge is 0.376 e. The number of ether oxygens (including phenoxy) is 1. The van der Waals surface area contributed by atoms with Gasteiger partial charge in [-0.3, -0.25) is 4.79 Å². The maximum absolute atomic E-state index is 13.1. The number of anilines is 1. The molecule has 1 aliphatic heterocycles. The maximum atomic E-state index is 13.1. The van der Waals surface area contributed by atoms with Crippen molar-refractivity contribution >= 4 is 17.6 Å². The second-order valence-corrected chi connectivity index (χ2v) is 5.27. The van der Waals surface area contributed by atoms with Crippen molar-refractivity contribution in [1.29, 1.82) is 0 Å². The molecular formula is C16H23FN4O2. The third-order valence-corrected chi connectivity index (χ3v) is 3.35. The Balaban J connectivity index is 1.82. The molecular weight excluding hydrogens is 299 g/mol. The van der Waals surface area contributed by atoms with Crippen LogP contribution in [0.1, 0.15) is 19.8 Å². The monoisotopic (exact) mass is 322 g/mol. The summed E-state index contributed by atoms with van der Waals surface area (Å²) in [6.45, 7) is 4.07. The van der Waals surface area contributed by atoms with Gasteiger partial charge in [0.15, 0.2) is 5.96 Å². The van der Waals surface area contributed by atoms with Crippen LogP contribution in [-0.2, 0) is 9.53 Å². The number of benzene rings is 1. The molecule has 0 spiro atoms. The van der Waals surface area contributed by atoms with Gasteiger partial charge in [-0.15, -0.1) is 0 Å². The van der Waals surface area contributed by atoms with E-state index in [4.69, 9.17) is 4.74 Å². The highest BCUT2D eigenvalue weighted by Gasteiger charge is 2.15. The normalized spacial score (nSPS) is 17.8. The lowest BCUT2D eigenvalue weighted by Crippen LogP contribution is -2.41. The van der Waals surface area contributed by atoms with Gasteiger partial charge in [0.1, 0.15) is 12.4 Å². The molecule has 1 aliphatic rings. The van der Waals surface area contributed by atoms with Crippen molar-refractivity contribution in [2.24, 2.45) is 4.99 Å². The van der Waals surface area contributed by atoms with Crippen molar-refractivity contribution in [2.45, 2.75) is 25.9 Å². The summed E-state index contributed by atoms with van der Waals surface area (Å²) in [6, 6.07) is 5.77. The molecule has 1 amide bonds. The Morgan fingerprint density at radius 1 is 1.43 bits per heavy atom. The van der Waals surface area contributed by atoms with Crippen molar-refractivity contribution in [1.82, 2.24) is 10.6 Å². The Morgan fingerprint density at radius 3 is 3.00 bits per heavy atom. The number of amides is 1. The fourth-order valence-electron chi connectivity index (χ4n) is 2.28. The number of halogens is 1. The highest BCUT2D eigenvalue weighted by Crippen LogP contribution is 2.10. The molecule has 0 aliphatic carbocycles. The first-order valence-corrected chi connectivity index (χ1v) is 7.86. The lowest BCUT2D eigenvalue weighted by molar-refractivity contribution is -0.114.